The second-order valence-corrected chi connectivity index (χ2v) is 4.61. The Balaban J connectivity index is 2.59. The molecule has 24 heavy (non-hydrogen) atoms. The molecule has 0 radical (unpaired) electrons. The number of amides is 1. The summed E-state index contributed by atoms with van der Waals surface area (Å²) in [5.74, 6) is 0. The average Bonchev–Trinajstić information content (AvgIpc) is 2.55. The number of para-hydroxylation sites is 1. The normalized spacial score (nSPS) is 10.0. The summed E-state index contributed by atoms with van der Waals surface area (Å²) >= 11 is 0. The van der Waals surface area contributed by atoms with Crippen LogP contribution in [0.25, 0.3) is 11.1 Å². The predicted molar refractivity (Wildman–Crippen MR) is 85.8 cm³/mol. The van der Waals surface area contributed by atoms with E-state index in [9.17, 15) is 25.0 Å². The molecule has 9 nitrogen and oxygen atoms in total. The maximum atomic E-state index is 11.7. The lowest BCUT2D eigenvalue weighted by atomic mass is 10.0. The van der Waals surface area contributed by atoms with Gasteiger partial charge in [-0.05, 0) is 19.1 Å². The summed E-state index contributed by atoms with van der Waals surface area (Å²) in [4.78, 5) is 32.6. The van der Waals surface area contributed by atoms with E-state index in [1.54, 1.807) is 13.0 Å². The third kappa shape index (κ3) is 3.64. The third-order valence-corrected chi connectivity index (χ3v) is 3.12. The van der Waals surface area contributed by atoms with E-state index in [1.165, 1.54) is 30.3 Å². The number of benzene rings is 2. The van der Waals surface area contributed by atoms with E-state index in [-0.39, 0.29) is 34.8 Å². The van der Waals surface area contributed by atoms with Crippen molar-refractivity contribution in [2.24, 2.45) is 0 Å². The summed E-state index contributed by atoms with van der Waals surface area (Å²) in [6.07, 6.45) is -0.808. The first-order valence-corrected chi connectivity index (χ1v) is 6.90. The van der Waals surface area contributed by atoms with Crippen molar-refractivity contribution < 1.29 is 19.4 Å². The van der Waals surface area contributed by atoms with Crippen molar-refractivity contribution in [2.75, 3.05) is 11.9 Å². The smallest absolute Gasteiger partial charge is 0.411 e. The molecule has 0 fully saturated rings. The number of hydrogen-bond donors (Lipinski definition) is 1. The molecule has 2 aromatic carbocycles. The highest BCUT2D eigenvalue weighted by atomic mass is 16.6. The molecule has 0 aliphatic carbocycles. The minimum atomic E-state index is -0.808. The molecule has 0 aromatic heterocycles. The highest BCUT2D eigenvalue weighted by Gasteiger charge is 2.20. The van der Waals surface area contributed by atoms with E-state index < -0.39 is 15.9 Å². The molecule has 1 N–H and O–H groups in total. The molecule has 2 rings (SSSR count). The van der Waals surface area contributed by atoms with Crippen LogP contribution in [-0.4, -0.2) is 22.5 Å². The number of non-ortho nitro benzene ring substituents is 1. The first kappa shape index (κ1) is 16.9. The standard InChI is InChI=1S/C15H13N3O6/c1-2-24-15(19)16-13-9-10(17(20)21)7-8-11(13)12-5-3-4-6-14(12)18(22)23/h3-9H,2H2,1H3,(H,16,19). The van der Waals surface area contributed by atoms with Crippen molar-refractivity contribution in [3.63, 3.8) is 0 Å². The van der Waals surface area contributed by atoms with Gasteiger partial charge in [0.15, 0.2) is 0 Å². The van der Waals surface area contributed by atoms with E-state index in [0.29, 0.717) is 0 Å². The van der Waals surface area contributed by atoms with Crippen molar-refractivity contribution >= 4 is 23.2 Å². The van der Waals surface area contributed by atoms with Gasteiger partial charge in [-0.3, -0.25) is 25.5 Å². The largest absolute Gasteiger partial charge is 0.450 e. The van der Waals surface area contributed by atoms with Crippen LogP contribution in [-0.2, 0) is 4.74 Å². The van der Waals surface area contributed by atoms with Crippen molar-refractivity contribution in [3.8, 4) is 11.1 Å². The Morgan fingerprint density at radius 1 is 1.08 bits per heavy atom. The Hall–Kier alpha value is -3.49. The minimum absolute atomic E-state index is 0.0527. The van der Waals surface area contributed by atoms with Crippen LogP contribution in [0.1, 0.15) is 6.92 Å². The molecule has 0 saturated heterocycles. The highest BCUT2D eigenvalue weighted by molar-refractivity contribution is 5.94. The van der Waals surface area contributed by atoms with Crippen LogP contribution in [0.2, 0.25) is 0 Å². The molecule has 0 aliphatic heterocycles. The monoisotopic (exact) mass is 331 g/mol. The van der Waals surface area contributed by atoms with Gasteiger partial charge in [-0.1, -0.05) is 12.1 Å². The Kier molecular flexibility index (Phi) is 5.05. The lowest BCUT2D eigenvalue weighted by Gasteiger charge is -2.11. The summed E-state index contributed by atoms with van der Waals surface area (Å²) in [6, 6.07) is 9.59. The van der Waals surface area contributed by atoms with Gasteiger partial charge in [-0.2, -0.15) is 0 Å². The van der Waals surface area contributed by atoms with E-state index in [1.807, 2.05) is 0 Å². The molecule has 0 spiro atoms. The summed E-state index contributed by atoms with van der Waals surface area (Å²) in [5, 5.41) is 24.5. The molecule has 0 saturated carbocycles. The number of ether oxygens (including phenoxy) is 1. The number of hydrogen-bond acceptors (Lipinski definition) is 6. The topological polar surface area (TPSA) is 125 Å². The third-order valence-electron chi connectivity index (χ3n) is 3.12. The molecule has 0 unspecified atom stereocenters. The fourth-order valence-corrected chi connectivity index (χ4v) is 2.12. The fourth-order valence-electron chi connectivity index (χ4n) is 2.12. The number of rotatable bonds is 5. The quantitative estimate of drug-likeness (QED) is 0.657. The van der Waals surface area contributed by atoms with Gasteiger partial charge in [-0.15, -0.1) is 0 Å². The highest BCUT2D eigenvalue weighted by Crippen LogP contribution is 2.36. The molecule has 2 aromatic rings. The Morgan fingerprint density at radius 2 is 1.79 bits per heavy atom. The number of carbonyl (C=O) groups excluding carboxylic acids is 1. The summed E-state index contributed by atoms with van der Waals surface area (Å²) in [6.45, 7) is 1.72. The second-order valence-electron chi connectivity index (χ2n) is 4.61. The molecule has 124 valence electrons. The molecular weight excluding hydrogens is 318 g/mol. The minimum Gasteiger partial charge on any atom is -0.450 e. The van der Waals surface area contributed by atoms with Crippen LogP contribution < -0.4 is 5.32 Å². The summed E-state index contributed by atoms with van der Waals surface area (Å²) in [5.41, 5.74) is 0.115. The predicted octanol–water partition coefficient (Wildman–Crippen LogP) is 3.74. The Bertz CT molecular complexity index is 806. The number of nitrogens with zero attached hydrogens (tertiary/aromatic N) is 2. The fraction of sp³-hybridized carbons (Fsp3) is 0.133. The van der Waals surface area contributed by atoms with Gasteiger partial charge in [0.05, 0.1) is 27.7 Å². The Labute approximate surface area is 136 Å². The number of anilines is 1. The van der Waals surface area contributed by atoms with Crippen LogP contribution in [0, 0.1) is 20.2 Å². The molecule has 0 atom stereocenters. The van der Waals surface area contributed by atoms with E-state index in [0.717, 1.165) is 6.07 Å². The zero-order chi connectivity index (χ0) is 17.7. The van der Waals surface area contributed by atoms with Crippen LogP contribution in [0.3, 0.4) is 0 Å². The first-order chi connectivity index (χ1) is 11.4. The van der Waals surface area contributed by atoms with Gasteiger partial charge < -0.3 is 4.74 Å². The summed E-state index contributed by atoms with van der Waals surface area (Å²) in [7, 11) is 0. The number of carbonyl (C=O) groups is 1. The molecule has 9 heteroatoms. The van der Waals surface area contributed by atoms with Gasteiger partial charge in [0.2, 0.25) is 0 Å². The zero-order valence-electron chi connectivity index (χ0n) is 12.6. The lowest BCUT2D eigenvalue weighted by molar-refractivity contribution is -0.385. The molecule has 0 aliphatic rings. The van der Waals surface area contributed by atoms with Gasteiger partial charge in [0.25, 0.3) is 11.4 Å². The van der Waals surface area contributed by atoms with Gasteiger partial charge in [-0.25, -0.2) is 4.79 Å². The van der Waals surface area contributed by atoms with Crippen molar-refractivity contribution in [2.45, 2.75) is 6.92 Å². The van der Waals surface area contributed by atoms with Crippen LogP contribution in [0.15, 0.2) is 42.5 Å². The van der Waals surface area contributed by atoms with E-state index >= 15 is 0 Å². The zero-order valence-corrected chi connectivity index (χ0v) is 12.6. The second kappa shape index (κ2) is 7.18. The number of nitro groups is 2. The summed E-state index contributed by atoms with van der Waals surface area (Å²) < 4.78 is 4.76. The van der Waals surface area contributed by atoms with Gasteiger partial charge in [0, 0.05) is 23.8 Å². The maximum absolute atomic E-state index is 11.7. The number of nitrogens with one attached hydrogen (secondary N) is 1. The van der Waals surface area contributed by atoms with Crippen molar-refractivity contribution in [3.05, 3.63) is 62.7 Å². The van der Waals surface area contributed by atoms with E-state index in [2.05, 4.69) is 5.32 Å². The maximum Gasteiger partial charge on any atom is 0.411 e. The molecular formula is C15H13N3O6. The Morgan fingerprint density at radius 3 is 2.42 bits per heavy atom. The van der Waals surface area contributed by atoms with Gasteiger partial charge in [0.1, 0.15) is 0 Å². The first-order valence-electron chi connectivity index (χ1n) is 6.90. The molecule has 0 heterocycles. The lowest BCUT2D eigenvalue weighted by Crippen LogP contribution is -2.14. The SMILES string of the molecule is CCOC(=O)Nc1cc([N+](=O)[O-])ccc1-c1ccccc1[N+](=O)[O-]. The van der Waals surface area contributed by atoms with Crippen molar-refractivity contribution in [1.82, 2.24) is 0 Å². The van der Waals surface area contributed by atoms with Gasteiger partial charge >= 0.3 is 6.09 Å². The van der Waals surface area contributed by atoms with Crippen LogP contribution >= 0.6 is 0 Å². The van der Waals surface area contributed by atoms with Crippen LogP contribution in [0.5, 0.6) is 0 Å². The van der Waals surface area contributed by atoms with E-state index in [4.69, 9.17) is 4.74 Å². The average molecular weight is 331 g/mol. The molecule has 0 bridgehead atoms. The van der Waals surface area contributed by atoms with Crippen LogP contribution in [0.4, 0.5) is 21.9 Å². The number of nitro benzene ring substituents is 2. The molecule has 1 amide bonds. The van der Waals surface area contributed by atoms with Crippen molar-refractivity contribution in [1.29, 1.82) is 0 Å².